The molecular formula is C19H23NO4. The quantitative estimate of drug-likeness (QED) is 0.619. The van der Waals surface area contributed by atoms with Crippen LogP contribution in [0.5, 0.6) is 0 Å². The molecule has 1 atom stereocenters. The molecule has 1 heterocycles. The fourth-order valence-electron chi connectivity index (χ4n) is 2.64. The van der Waals surface area contributed by atoms with Crippen LogP contribution in [0.15, 0.2) is 16.7 Å². The summed E-state index contributed by atoms with van der Waals surface area (Å²) in [5.41, 5.74) is 5.02. The Balaban J connectivity index is 2.09. The van der Waals surface area contributed by atoms with E-state index < -0.39 is 12.1 Å². The number of hydrogen-bond donors (Lipinski definition) is 0. The number of carbonyl (C=O) groups excluding carboxylic acids is 2. The highest BCUT2D eigenvalue weighted by molar-refractivity contribution is 6.01. The van der Waals surface area contributed by atoms with Crippen LogP contribution >= 0.6 is 0 Å². The van der Waals surface area contributed by atoms with Crippen LogP contribution in [-0.2, 0) is 16.0 Å². The molecule has 0 fully saturated rings. The molecule has 0 saturated carbocycles. The fourth-order valence-corrected chi connectivity index (χ4v) is 2.64. The van der Waals surface area contributed by atoms with Crippen LogP contribution in [0.2, 0.25) is 0 Å². The predicted molar refractivity (Wildman–Crippen MR) is 90.2 cm³/mol. The van der Waals surface area contributed by atoms with Gasteiger partial charge in [-0.2, -0.15) is 0 Å². The second kappa shape index (κ2) is 6.99. The van der Waals surface area contributed by atoms with Crippen LogP contribution in [0, 0.1) is 34.6 Å². The molecule has 2 aromatic rings. The van der Waals surface area contributed by atoms with Gasteiger partial charge in [-0.1, -0.05) is 11.2 Å². The summed E-state index contributed by atoms with van der Waals surface area (Å²) in [5, 5.41) is 3.81. The minimum atomic E-state index is -0.834. The van der Waals surface area contributed by atoms with Crippen molar-refractivity contribution < 1.29 is 18.8 Å². The molecule has 0 saturated heterocycles. The molecule has 5 nitrogen and oxygen atoms in total. The van der Waals surface area contributed by atoms with E-state index in [1.807, 2.05) is 32.9 Å². The summed E-state index contributed by atoms with van der Waals surface area (Å²) in [6.45, 7) is 11.0. The highest BCUT2D eigenvalue weighted by Gasteiger charge is 2.23. The molecule has 0 unspecified atom stereocenters. The van der Waals surface area contributed by atoms with Crippen LogP contribution in [0.1, 0.15) is 51.0 Å². The zero-order valence-electron chi connectivity index (χ0n) is 15.0. The molecular weight excluding hydrogens is 306 g/mol. The van der Waals surface area contributed by atoms with Gasteiger partial charge in [0.2, 0.25) is 5.78 Å². The Labute approximate surface area is 142 Å². The number of rotatable bonds is 5. The van der Waals surface area contributed by atoms with Gasteiger partial charge in [-0.05, 0) is 64.3 Å². The van der Waals surface area contributed by atoms with E-state index in [4.69, 9.17) is 9.26 Å². The van der Waals surface area contributed by atoms with Crippen LogP contribution in [0.4, 0.5) is 0 Å². The Morgan fingerprint density at radius 1 is 1.08 bits per heavy atom. The lowest BCUT2D eigenvalue weighted by molar-refractivity contribution is -0.145. The summed E-state index contributed by atoms with van der Waals surface area (Å²) >= 11 is 0. The largest absolute Gasteiger partial charge is 0.454 e. The van der Waals surface area contributed by atoms with Crippen molar-refractivity contribution in [3.63, 3.8) is 0 Å². The van der Waals surface area contributed by atoms with E-state index >= 15 is 0 Å². The van der Waals surface area contributed by atoms with Gasteiger partial charge in [-0.3, -0.25) is 9.59 Å². The average Bonchev–Trinajstić information content (AvgIpc) is 2.82. The van der Waals surface area contributed by atoms with Gasteiger partial charge in [-0.15, -0.1) is 0 Å². The topological polar surface area (TPSA) is 69.4 Å². The summed E-state index contributed by atoms with van der Waals surface area (Å²) in [4.78, 5) is 24.7. The standard InChI is InChI=1S/C19H23NO4/c1-10-7-12(3)16(8-11(10)2)19(22)15(6)23-18(21)9-17-13(4)20-24-14(17)5/h7-8,15H,9H2,1-6H3/t15-/m1/s1. The molecule has 24 heavy (non-hydrogen) atoms. The third kappa shape index (κ3) is 3.72. The van der Waals surface area contributed by atoms with Gasteiger partial charge in [0.25, 0.3) is 0 Å². The molecule has 128 valence electrons. The van der Waals surface area contributed by atoms with E-state index in [2.05, 4.69) is 5.16 Å². The van der Waals surface area contributed by atoms with Gasteiger partial charge < -0.3 is 9.26 Å². The first kappa shape index (κ1) is 17.9. The summed E-state index contributed by atoms with van der Waals surface area (Å²) < 4.78 is 10.4. The number of aromatic nitrogens is 1. The SMILES string of the molecule is Cc1cc(C)c(C(=O)[C@@H](C)OC(=O)Cc2c(C)noc2C)cc1C. The van der Waals surface area contributed by atoms with Crippen molar-refractivity contribution in [2.75, 3.05) is 0 Å². The van der Waals surface area contributed by atoms with Crippen molar-refractivity contribution in [1.82, 2.24) is 5.16 Å². The Bertz CT molecular complexity index is 769. The third-order valence-corrected chi connectivity index (χ3v) is 4.29. The lowest BCUT2D eigenvalue weighted by Gasteiger charge is -2.15. The number of esters is 1. The van der Waals surface area contributed by atoms with Crippen molar-refractivity contribution in [2.45, 2.75) is 54.1 Å². The molecule has 5 heteroatoms. The Morgan fingerprint density at radius 2 is 1.71 bits per heavy atom. The maximum atomic E-state index is 12.6. The number of ketones is 1. The lowest BCUT2D eigenvalue weighted by Crippen LogP contribution is -2.26. The number of nitrogens with zero attached hydrogens (tertiary/aromatic N) is 1. The number of carbonyl (C=O) groups is 2. The Kier molecular flexibility index (Phi) is 5.22. The van der Waals surface area contributed by atoms with E-state index in [1.54, 1.807) is 20.8 Å². The smallest absolute Gasteiger partial charge is 0.311 e. The molecule has 1 aromatic carbocycles. The van der Waals surface area contributed by atoms with Gasteiger partial charge in [-0.25, -0.2) is 0 Å². The molecule has 1 aromatic heterocycles. The maximum Gasteiger partial charge on any atom is 0.311 e. The number of ether oxygens (including phenoxy) is 1. The van der Waals surface area contributed by atoms with E-state index in [9.17, 15) is 9.59 Å². The minimum absolute atomic E-state index is 0.0463. The predicted octanol–water partition coefficient (Wildman–Crippen LogP) is 3.57. The first-order valence-corrected chi connectivity index (χ1v) is 7.94. The molecule has 0 aliphatic carbocycles. The van der Waals surface area contributed by atoms with Gasteiger partial charge in [0.15, 0.2) is 6.10 Å². The molecule has 0 spiro atoms. The van der Waals surface area contributed by atoms with Gasteiger partial charge in [0, 0.05) is 11.1 Å². The molecule has 0 amide bonds. The van der Waals surface area contributed by atoms with Gasteiger partial charge in [0.1, 0.15) is 5.76 Å². The normalized spacial score (nSPS) is 12.1. The second-order valence-electron chi connectivity index (χ2n) is 6.23. The van der Waals surface area contributed by atoms with Crippen LogP contribution < -0.4 is 0 Å². The summed E-state index contributed by atoms with van der Waals surface area (Å²) in [7, 11) is 0. The van der Waals surface area contributed by atoms with Crippen molar-refractivity contribution in [3.05, 3.63) is 51.4 Å². The van der Waals surface area contributed by atoms with E-state index in [0.717, 1.165) is 16.7 Å². The van der Waals surface area contributed by atoms with E-state index in [1.165, 1.54) is 0 Å². The highest BCUT2D eigenvalue weighted by atomic mass is 16.5. The summed E-state index contributed by atoms with van der Waals surface area (Å²) in [6, 6.07) is 3.83. The molecule has 0 radical (unpaired) electrons. The Hall–Kier alpha value is -2.43. The minimum Gasteiger partial charge on any atom is -0.454 e. The van der Waals surface area contributed by atoms with Crippen molar-refractivity contribution in [1.29, 1.82) is 0 Å². The number of hydrogen-bond acceptors (Lipinski definition) is 5. The van der Waals surface area contributed by atoms with Gasteiger partial charge in [0.05, 0.1) is 12.1 Å². The molecule has 0 N–H and O–H groups in total. The fraction of sp³-hybridized carbons (Fsp3) is 0.421. The first-order valence-electron chi connectivity index (χ1n) is 7.94. The van der Waals surface area contributed by atoms with Crippen LogP contribution in [0.3, 0.4) is 0 Å². The first-order chi connectivity index (χ1) is 11.2. The average molecular weight is 329 g/mol. The summed E-state index contributed by atoms with van der Waals surface area (Å²) in [6.07, 6.45) is -0.788. The van der Waals surface area contributed by atoms with Crippen LogP contribution in [-0.4, -0.2) is 23.0 Å². The zero-order valence-corrected chi connectivity index (χ0v) is 15.0. The zero-order chi connectivity index (χ0) is 18.0. The van der Waals surface area contributed by atoms with E-state index in [0.29, 0.717) is 22.6 Å². The Morgan fingerprint density at radius 3 is 2.29 bits per heavy atom. The van der Waals surface area contributed by atoms with Crippen molar-refractivity contribution >= 4 is 11.8 Å². The molecule has 0 bridgehead atoms. The molecule has 0 aliphatic rings. The maximum absolute atomic E-state index is 12.6. The number of benzene rings is 1. The van der Waals surface area contributed by atoms with Crippen molar-refractivity contribution in [2.24, 2.45) is 0 Å². The lowest BCUT2D eigenvalue weighted by atomic mass is 9.96. The van der Waals surface area contributed by atoms with Gasteiger partial charge >= 0.3 is 5.97 Å². The number of Topliss-reactive ketones (excluding diaryl/α,β-unsaturated/α-hetero) is 1. The highest BCUT2D eigenvalue weighted by Crippen LogP contribution is 2.19. The van der Waals surface area contributed by atoms with Crippen molar-refractivity contribution in [3.8, 4) is 0 Å². The van der Waals surface area contributed by atoms with Crippen LogP contribution in [0.25, 0.3) is 0 Å². The molecule has 0 aliphatic heterocycles. The summed E-state index contributed by atoms with van der Waals surface area (Å²) in [5.74, 6) is -0.0668. The monoisotopic (exact) mass is 329 g/mol. The van der Waals surface area contributed by atoms with E-state index in [-0.39, 0.29) is 12.2 Å². The third-order valence-electron chi connectivity index (χ3n) is 4.29. The number of aryl methyl sites for hydroxylation is 5. The second-order valence-corrected chi connectivity index (χ2v) is 6.23. The molecule has 2 rings (SSSR count).